The molecule has 174 valence electrons. The van der Waals surface area contributed by atoms with Gasteiger partial charge >= 0.3 is 6.03 Å². The fourth-order valence-corrected chi connectivity index (χ4v) is 5.16. The fourth-order valence-electron chi connectivity index (χ4n) is 5.16. The summed E-state index contributed by atoms with van der Waals surface area (Å²) in [5.74, 6) is 0.576. The molecule has 3 aromatic rings. The second kappa shape index (κ2) is 8.20. The standard InChI is InChI=1S/C28H29N3O3/c1-17-12-18(2)14-19(13-17)29-27(33)31-22-9-6-5-8-20(22)30-21-15-28(3,4)16-23(32)25(21)26(31)24-10-7-11-34-24/h5-14,26,30H,15-16H2,1-4H3,(H,29,33)/t26-/m0/s1. The molecule has 6 heteroatoms. The number of aryl methyl sites for hydroxylation is 2. The van der Waals surface area contributed by atoms with Crippen molar-refractivity contribution in [1.29, 1.82) is 0 Å². The lowest BCUT2D eigenvalue weighted by atomic mass is 9.74. The van der Waals surface area contributed by atoms with Gasteiger partial charge in [0.1, 0.15) is 11.8 Å². The van der Waals surface area contributed by atoms with Gasteiger partial charge in [-0.1, -0.05) is 32.0 Å². The molecule has 1 aromatic heterocycles. The van der Waals surface area contributed by atoms with Crippen LogP contribution < -0.4 is 15.5 Å². The molecule has 0 spiro atoms. The number of carbonyl (C=O) groups is 2. The number of nitrogens with one attached hydrogen (secondary N) is 2. The number of ketones is 1. The lowest BCUT2D eigenvalue weighted by Gasteiger charge is -2.36. The molecule has 2 heterocycles. The first-order valence-electron chi connectivity index (χ1n) is 11.6. The third-order valence-electron chi connectivity index (χ3n) is 6.41. The number of hydrogen-bond donors (Lipinski definition) is 2. The molecular formula is C28H29N3O3. The number of carbonyl (C=O) groups excluding carboxylic acids is 2. The van der Waals surface area contributed by atoms with Crippen molar-refractivity contribution in [2.24, 2.45) is 5.41 Å². The SMILES string of the molecule is Cc1cc(C)cc(NC(=O)N2c3ccccc3NC3=C(C(=O)CC(C)(C)C3)[C@@H]2c2ccco2)c1. The number of para-hydroxylation sites is 2. The molecule has 2 amide bonds. The molecular weight excluding hydrogens is 426 g/mol. The Labute approximate surface area is 199 Å². The monoisotopic (exact) mass is 455 g/mol. The van der Waals surface area contributed by atoms with E-state index in [1.165, 1.54) is 0 Å². The number of anilines is 3. The number of urea groups is 1. The van der Waals surface area contributed by atoms with E-state index >= 15 is 0 Å². The maximum absolute atomic E-state index is 13.9. The van der Waals surface area contributed by atoms with Crippen molar-refractivity contribution in [3.63, 3.8) is 0 Å². The van der Waals surface area contributed by atoms with Crippen molar-refractivity contribution >= 4 is 28.9 Å². The van der Waals surface area contributed by atoms with E-state index in [-0.39, 0.29) is 17.2 Å². The van der Waals surface area contributed by atoms with E-state index in [0.29, 0.717) is 35.5 Å². The van der Waals surface area contributed by atoms with Crippen LogP contribution in [0.1, 0.15) is 49.6 Å². The van der Waals surface area contributed by atoms with Gasteiger partial charge in [-0.3, -0.25) is 9.69 Å². The van der Waals surface area contributed by atoms with Crippen molar-refractivity contribution in [1.82, 2.24) is 0 Å². The van der Waals surface area contributed by atoms with Crippen LogP contribution in [0.25, 0.3) is 0 Å². The van der Waals surface area contributed by atoms with E-state index < -0.39 is 6.04 Å². The molecule has 34 heavy (non-hydrogen) atoms. The summed E-state index contributed by atoms with van der Waals surface area (Å²) in [5.41, 5.74) is 5.55. The minimum atomic E-state index is -0.685. The van der Waals surface area contributed by atoms with Crippen LogP contribution in [-0.4, -0.2) is 11.8 Å². The number of rotatable bonds is 2. The van der Waals surface area contributed by atoms with E-state index in [1.54, 1.807) is 17.2 Å². The number of amides is 2. The van der Waals surface area contributed by atoms with Crippen LogP contribution in [0.2, 0.25) is 0 Å². The Hall–Kier alpha value is -3.80. The summed E-state index contributed by atoms with van der Waals surface area (Å²) in [7, 11) is 0. The first-order chi connectivity index (χ1) is 16.2. The minimum absolute atomic E-state index is 0.0251. The highest BCUT2D eigenvalue weighted by molar-refractivity contribution is 6.09. The van der Waals surface area contributed by atoms with Gasteiger partial charge in [-0.05, 0) is 73.2 Å². The summed E-state index contributed by atoms with van der Waals surface area (Å²) in [6.07, 6.45) is 2.69. The Morgan fingerprint density at radius 3 is 2.50 bits per heavy atom. The van der Waals surface area contributed by atoms with Gasteiger partial charge in [0.15, 0.2) is 5.78 Å². The summed E-state index contributed by atoms with van der Waals surface area (Å²) >= 11 is 0. The Morgan fingerprint density at radius 2 is 1.79 bits per heavy atom. The van der Waals surface area contributed by atoms with E-state index in [1.807, 2.05) is 56.3 Å². The molecule has 2 N–H and O–H groups in total. The van der Waals surface area contributed by atoms with Gasteiger partial charge in [0, 0.05) is 23.4 Å². The van der Waals surface area contributed by atoms with Gasteiger partial charge in [-0.15, -0.1) is 0 Å². The Balaban J connectivity index is 1.68. The molecule has 2 aliphatic rings. The summed E-state index contributed by atoms with van der Waals surface area (Å²) < 4.78 is 5.83. The Morgan fingerprint density at radius 1 is 1.06 bits per heavy atom. The van der Waals surface area contributed by atoms with Crippen molar-refractivity contribution in [3.05, 3.63) is 89.0 Å². The molecule has 2 aromatic carbocycles. The smallest absolute Gasteiger partial charge is 0.327 e. The minimum Gasteiger partial charge on any atom is -0.467 e. The number of Topliss-reactive ketones (excluding diaryl/α,β-unsaturated/α-hetero) is 1. The lowest BCUT2D eigenvalue weighted by molar-refractivity contribution is -0.118. The van der Waals surface area contributed by atoms with Crippen molar-refractivity contribution in [2.75, 3.05) is 15.5 Å². The molecule has 0 saturated carbocycles. The normalized spacial score (nSPS) is 19.1. The fraction of sp³-hybridized carbons (Fsp3) is 0.286. The average Bonchev–Trinajstić information content (AvgIpc) is 3.21. The molecule has 0 saturated heterocycles. The molecule has 6 nitrogen and oxygen atoms in total. The third kappa shape index (κ3) is 4.00. The van der Waals surface area contributed by atoms with Crippen LogP contribution in [0.3, 0.4) is 0 Å². The summed E-state index contributed by atoms with van der Waals surface area (Å²) in [4.78, 5) is 29.2. The molecule has 0 unspecified atom stereocenters. The second-order valence-corrected chi connectivity index (χ2v) is 10.1. The number of furan rings is 1. The highest BCUT2D eigenvalue weighted by atomic mass is 16.3. The van der Waals surface area contributed by atoms with E-state index in [2.05, 4.69) is 30.5 Å². The maximum atomic E-state index is 13.9. The van der Waals surface area contributed by atoms with E-state index in [0.717, 1.165) is 22.5 Å². The lowest BCUT2D eigenvalue weighted by Crippen LogP contribution is -2.41. The summed E-state index contributed by atoms with van der Waals surface area (Å²) in [5, 5.41) is 6.57. The first kappa shape index (κ1) is 22.0. The van der Waals surface area contributed by atoms with Gasteiger partial charge in [0.2, 0.25) is 0 Å². The molecule has 1 aliphatic heterocycles. The molecule has 5 rings (SSSR count). The molecule has 0 fully saturated rings. The highest BCUT2D eigenvalue weighted by Crippen LogP contribution is 2.48. The van der Waals surface area contributed by atoms with Crippen LogP contribution in [0, 0.1) is 19.3 Å². The Kier molecular flexibility index (Phi) is 5.31. The van der Waals surface area contributed by atoms with Crippen molar-refractivity contribution < 1.29 is 14.0 Å². The van der Waals surface area contributed by atoms with Gasteiger partial charge in [0.05, 0.1) is 17.6 Å². The predicted octanol–water partition coefficient (Wildman–Crippen LogP) is 6.74. The number of benzene rings is 2. The zero-order valence-corrected chi connectivity index (χ0v) is 19.9. The third-order valence-corrected chi connectivity index (χ3v) is 6.41. The largest absolute Gasteiger partial charge is 0.467 e. The summed E-state index contributed by atoms with van der Waals surface area (Å²) in [6, 6.07) is 16.2. The molecule has 1 atom stereocenters. The first-order valence-corrected chi connectivity index (χ1v) is 11.6. The molecule has 1 aliphatic carbocycles. The van der Waals surface area contributed by atoms with Crippen LogP contribution in [0.15, 0.2) is 76.5 Å². The zero-order chi connectivity index (χ0) is 24.0. The van der Waals surface area contributed by atoms with Gasteiger partial charge in [-0.2, -0.15) is 0 Å². The number of nitrogens with zero attached hydrogens (tertiary/aromatic N) is 1. The van der Waals surface area contributed by atoms with Gasteiger partial charge in [0.25, 0.3) is 0 Å². The second-order valence-electron chi connectivity index (χ2n) is 10.1. The van der Waals surface area contributed by atoms with Gasteiger partial charge in [-0.25, -0.2) is 4.79 Å². The van der Waals surface area contributed by atoms with Crippen molar-refractivity contribution in [3.8, 4) is 0 Å². The van der Waals surface area contributed by atoms with Crippen LogP contribution in [0.4, 0.5) is 21.9 Å². The zero-order valence-electron chi connectivity index (χ0n) is 19.9. The van der Waals surface area contributed by atoms with E-state index in [4.69, 9.17) is 4.42 Å². The quantitative estimate of drug-likeness (QED) is 0.448. The molecule has 0 radical (unpaired) electrons. The number of allylic oxidation sites excluding steroid dienone is 1. The van der Waals surface area contributed by atoms with E-state index in [9.17, 15) is 9.59 Å². The highest BCUT2D eigenvalue weighted by Gasteiger charge is 2.44. The Bertz CT molecular complexity index is 1280. The average molecular weight is 456 g/mol. The molecule has 0 bridgehead atoms. The maximum Gasteiger partial charge on any atom is 0.327 e. The summed E-state index contributed by atoms with van der Waals surface area (Å²) in [6.45, 7) is 8.19. The van der Waals surface area contributed by atoms with Gasteiger partial charge < -0.3 is 15.1 Å². The van der Waals surface area contributed by atoms with Crippen LogP contribution in [-0.2, 0) is 4.79 Å². The van der Waals surface area contributed by atoms with Crippen molar-refractivity contribution in [2.45, 2.75) is 46.6 Å². The predicted molar refractivity (Wildman–Crippen MR) is 134 cm³/mol. The number of hydrogen-bond acceptors (Lipinski definition) is 4. The topological polar surface area (TPSA) is 74.6 Å². The number of fused-ring (bicyclic) bond motifs is 1. The van der Waals surface area contributed by atoms with Crippen LogP contribution >= 0.6 is 0 Å². The van der Waals surface area contributed by atoms with Crippen LogP contribution in [0.5, 0.6) is 0 Å².